The van der Waals surface area contributed by atoms with Gasteiger partial charge in [0, 0.05) is 22.6 Å². The number of rotatable bonds is 3. The molecule has 2 rings (SSSR count). The normalized spacial score (nSPS) is 11.1. The number of carbonyl (C=O) groups excluding carboxylic acids is 1. The van der Waals surface area contributed by atoms with Crippen molar-refractivity contribution >= 4 is 16.7 Å². The Morgan fingerprint density at radius 3 is 2.47 bits per heavy atom. The maximum Gasteiger partial charge on any atom is 0.166 e. The monoisotopic (exact) mass is 258 g/mol. The summed E-state index contributed by atoms with van der Waals surface area (Å²) in [5, 5.41) is 0.795. The summed E-state index contributed by atoms with van der Waals surface area (Å²) >= 11 is 0. The van der Waals surface area contributed by atoms with E-state index < -0.39 is 0 Å². The number of methoxy groups -OCH3 is 1. The molecule has 4 heteroatoms. The molecular formula is C15H18N2O2. The van der Waals surface area contributed by atoms with Crippen molar-refractivity contribution in [3.63, 3.8) is 0 Å². The van der Waals surface area contributed by atoms with E-state index in [0.29, 0.717) is 22.7 Å². The first-order chi connectivity index (χ1) is 8.95. The molecular weight excluding hydrogens is 240 g/mol. The molecule has 19 heavy (non-hydrogen) atoms. The number of benzene rings is 1. The van der Waals surface area contributed by atoms with E-state index in [-0.39, 0.29) is 11.7 Å². The van der Waals surface area contributed by atoms with Crippen molar-refractivity contribution in [2.45, 2.75) is 27.7 Å². The second kappa shape index (κ2) is 4.96. The average molecular weight is 258 g/mol. The van der Waals surface area contributed by atoms with E-state index in [4.69, 9.17) is 4.74 Å². The van der Waals surface area contributed by atoms with E-state index in [1.807, 2.05) is 27.7 Å². The van der Waals surface area contributed by atoms with Crippen LogP contribution in [0.3, 0.4) is 0 Å². The quantitative estimate of drug-likeness (QED) is 0.794. The summed E-state index contributed by atoms with van der Waals surface area (Å²) < 4.78 is 5.33. The van der Waals surface area contributed by atoms with Crippen molar-refractivity contribution < 1.29 is 9.53 Å². The van der Waals surface area contributed by atoms with Gasteiger partial charge in [0.15, 0.2) is 5.78 Å². The number of hydrogen-bond acceptors (Lipinski definition) is 4. The lowest BCUT2D eigenvalue weighted by Gasteiger charge is -2.13. The zero-order chi connectivity index (χ0) is 14.2. The van der Waals surface area contributed by atoms with Gasteiger partial charge < -0.3 is 4.74 Å². The first-order valence-electron chi connectivity index (χ1n) is 6.31. The van der Waals surface area contributed by atoms with Crippen LogP contribution in [0, 0.1) is 19.8 Å². The Hall–Kier alpha value is -1.97. The van der Waals surface area contributed by atoms with Crippen LogP contribution in [0.5, 0.6) is 5.75 Å². The summed E-state index contributed by atoms with van der Waals surface area (Å²) in [6.45, 7) is 7.52. The Balaban J connectivity index is 2.85. The molecule has 0 N–H and O–H groups in total. The molecule has 1 heterocycles. The molecule has 4 nitrogen and oxygen atoms in total. The largest absolute Gasteiger partial charge is 0.494 e. The molecule has 0 saturated heterocycles. The van der Waals surface area contributed by atoms with Gasteiger partial charge in [-0.15, -0.1) is 0 Å². The minimum absolute atomic E-state index is 0.0581. The number of ketones is 1. The highest BCUT2D eigenvalue weighted by molar-refractivity contribution is 6.10. The minimum Gasteiger partial charge on any atom is -0.494 e. The van der Waals surface area contributed by atoms with Crippen molar-refractivity contribution in [2.24, 2.45) is 5.92 Å². The summed E-state index contributed by atoms with van der Waals surface area (Å²) in [7, 11) is 1.60. The number of nitrogens with zero attached hydrogens (tertiary/aromatic N) is 2. The molecule has 0 fully saturated rings. The molecule has 0 saturated carbocycles. The summed E-state index contributed by atoms with van der Waals surface area (Å²) in [4.78, 5) is 21.1. The zero-order valence-electron chi connectivity index (χ0n) is 11.9. The van der Waals surface area contributed by atoms with Crippen LogP contribution >= 0.6 is 0 Å². The molecule has 0 unspecified atom stereocenters. The van der Waals surface area contributed by atoms with Gasteiger partial charge in [0.05, 0.1) is 7.11 Å². The molecule has 100 valence electrons. The lowest BCUT2D eigenvalue weighted by molar-refractivity contribution is 0.0941. The van der Waals surface area contributed by atoms with Gasteiger partial charge in [0.2, 0.25) is 0 Å². The van der Waals surface area contributed by atoms with Crippen LogP contribution in [-0.4, -0.2) is 22.9 Å². The predicted octanol–water partition coefficient (Wildman–Crippen LogP) is 3.09. The second-order valence-electron chi connectivity index (χ2n) is 4.91. The Bertz CT molecular complexity index is 648. The Labute approximate surface area is 112 Å². The minimum atomic E-state index is -0.0581. The van der Waals surface area contributed by atoms with E-state index in [2.05, 4.69) is 9.97 Å². The highest BCUT2D eigenvalue weighted by atomic mass is 16.5. The third kappa shape index (κ3) is 2.30. The second-order valence-corrected chi connectivity index (χ2v) is 4.91. The Morgan fingerprint density at radius 2 is 1.89 bits per heavy atom. The molecule has 1 aromatic heterocycles. The van der Waals surface area contributed by atoms with Gasteiger partial charge in [-0.2, -0.15) is 0 Å². The lowest BCUT2D eigenvalue weighted by atomic mass is 9.96. The number of carbonyl (C=O) groups is 1. The van der Waals surface area contributed by atoms with Crippen LogP contribution in [0.4, 0.5) is 0 Å². The summed E-state index contributed by atoms with van der Waals surface area (Å²) in [5.41, 5.74) is 2.19. The predicted molar refractivity (Wildman–Crippen MR) is 74.7 cm³/mol. The van der Waals surface area contributed by atoms with Crippen LogP contribution in [-0.2, 0) is 0 Å². The highest BCUT2D eigenvalue weighted by Gasteiger charge is 2.18. The first kappa shape index (κ1) is 13.5. The number of hydrogen-bond donors (Lipinski definition) is 0. The van der Waals surface area contributed by atoms with Crippen molar-refractivity contribution in [1.29, 1.82) is 0 Å². The van der Waals surface area contributed by atoms with Gasteiger partial charge in [0.25, 0.3) is 0 Å². The van der Waals surface area contributed by atoms with Crippen LogP contribution in [0.1, 0.15) is 35.7 Å². The molecule has 1 aromatic carbocycles. The number of ether oxygens (including phenoxy) is 1. The average Bonchev–Trinajstić information content (AvgIpc) is 2.36. The Kier molecular flexibility index (Phi) is 3.51. The van der Waals surface area contributed by atoms with Crippen LogP contribution in [0.25, 0.3) is 10.9 Å². The zero-order valence-corrected chi connectivity index (χ0v) is 11.9. The molecule has 0 aliphatic carbocycles. The molecule has 0 atom stereocenters. The van der Waals surface area contributed by atoms with Gasteiger partial charge in [-0.3, -0.25) is 4.79 Å². The molecule has 0 aliphatic rings. The fourth-order valence-corrected chi connectivity index (χ4v) is 2.22. The first-order valence-corrected chi connectivity index (χ1v) is 6.31. The van der Waals surface area contributed by atoms with Crippen LogP contribution in [0.2, 0.25) is 0 Å². The molecule has 2 aromatic rings. The summed E-state index contributed by atoms with van der Waals surface area (Å²) in [5.74, 6) is 1.39. The van der Waals surface area contributed by atoms with Gasteiger partial charge in [-0.05, 0) is 26.0 Å². The van der Waals surface area contributed by atoms with Crippen LogP contribution < -0.4 is 4.74 Å². The number of aromatic nitrogens is 2. The van der Waals surface area contributed by atoms with Crippen molar-refractivity contribution in [1.82, 2.24) is 9.97 Å². The third-order valence-corrected chi connectivity index (χ3v) is 3.12. The smallest absolute Gasteiger partial charge is 0.166 e. The maximum atomic E-state index is 12.3. The highest BCUT2D eigenvalue weighted by Crippen LogP contribution is 2.30. The third-order valence-electron chi connectivity index (χ3n) is 3.12. The summed E-state index contributed by atoms with van der Waals surface area (Å²) in [6.07, 6.45) is 0. The number of Topliss-reactive ketones (excluding diaryl/α,β-unsaturated/α-hetero) is 1. The lowest BCUT2D eigenvalue weighted by Crippen LogP contribution is -2.10. The molecule has 0 radical (unpaired) electrons. The van der Waals surface area contributed by atoms with Crippen molar-refractivity contribution in [3.8, 4) is 5.75 Å². The molecule has 0 amide bonds. The van der Waals surface area contributed by atoms with Gasteiger partial charge in [0.1, 0.15) is 17.1 Å². The topological polar surface area (TPSA) is 52.1 Å². The van der Waals surface area contributed by atoms with Gasteiger partial charge in [-0.1, -0.05) is 13.8 Å². The number of aryl methyl sites for hydroxylation is 2. The van der Waals surface area contributed by atoms with Crippen molar-refractivity contribution in [2.75, 3.05) is 7.11 Å². The summed E-state index contributed by atoms with van der Waals surface area (Å²) in [6, 6.07) is 3.60. The molecule has 0 bridgehead atoms. The molecule has 0 spiro atoms. The fraction of sp³-hybridized carbons (Fsp3) is 0.400. The van der Waals surface area contributed by atoms with Crippen LogP contribution in [0.15, 0.2) is 12.1 Å². The van der Waals surface area contributed by atoms with E-state index in [0.717, 1.165) is 11.1 Å². The fourth-order valence-electron chi connectivity index (χ4n) is 2.22. The number of fused-ring (bicyclic) bond motifs is 1. The SMILES string of the molecule is COc1ccc(C(=O)C(C)C)c2c(C)nc(C)nc12. The van der Waals surface area contributed by atoms with Crippen molar-refractivity contribution in [3.05, 3.63) is 29.2 Å². The van der Waals surface area contributed by atoms with E-state index in [1.54, 1.807) is 19.2 Å². The van der Waals surface area contributed by atoms with E-state index in [9.17, 15) is 4.79 Å². The molecule has 0 aliphatic heterocycles. The Morgan fingerprint density at radius 1 is 1.21 bits per heavy atom. The van der Waals surface area contributed by atoms with Gasteiger partial charge >= 0.3 is 0 Å². The standard InChI is InChI=1S/C15H18N2O2/c1-8(2)15(18)11-6-7-12(19-5)14-13(11)9(3)16-10(4)17-14/h6-8H,1-5H3. The van der Waals surface area contributed by atoms with E-state index >= 15 is 0 Å². The maximum absolute atomic E-state index is 12.3. The van der Waals surface area contributed by atoms with Gasteiger partial charge in [-0.25, -0.2) is 9.97 Å². The van der Waals surface area contributed by atoms with E-state index in [1.165, 1.54) is 0 Å².